The standard InChI is InChI=1S/C15H27N3O2/c1-5-13-16-9-11-18(13)10-7-8-15(6-2,14(19)20)17-12(3)4/h9,11-12,17H,5-8,10H2,1-4H3,(H,19,20). The molecule has 0 radical (unpaired) electrons. The van der Waals surface area contributed by atoms with E-state index in [-0.39, 0.29) is 6.04 Å². The highest BCUT2D eigenvalue weighted by Crippen LogP contribution is 2.20. The Morgan fingerprint density at radius 1 is 1.50 bits per heavy atom. The van der Waals surface area contributed by atoms with Gasteiger partial charge in [0.25, 0.3) is 0 Å². The van der Waals surface area contributed by atoms with Gasteiger partial charge in [0.2, 0.25) is 0 Å². The molecule has 1 heterocycles. The second-order valence-corrected chi connectivity index (χ2v) is 5.53. The van der Waals surface area contributed by atoms with Gasteiger partial charge in [0.1, 0.15) is 11.4 Å². The molecule has 1 rings (SSSR count). The van der Waals surface area contributed by atoms with Crippen molar-refractivity contribution in [3.63, 3.8) is 0 Å². The zero-order valence-electron chi connectivity index (χ0n) is 13.0. The lowest BCUT2D eigenvalue weighted by Crippen LogP contribution is -2.54. The smallest absolute Gasteiger partial charge is 0.323 e. The third kappa shape index (κ3) is 4.07. The fourth-order valence-corrected chi connectivity index (χ4v) is 2.63. The van der Waals surface area contributed by atoms with Gasteiger partial charge in [-0.25, -0.2) is 4.98 Å². The summed E-state index contributed by atoms with van der Waals surface area (Å²) in [5.41, 5.74) is -0.818. The maximum absolute atomic E-state index is 11.6. The molecule has 0 bridgehead atoms. The van der Waals surface area contributed by atoms with Gasteiger partial charge in [0.15, 0.2) is 0 Å². The fourth-order valence-electron chi connectivity index (χ4n) is 2.63. The second kappa shape index (κ2) is 7.43. The van der Waals surface area contributed by atoms with Gasteiger partial charge in [-0.1, -0.05) is 13.8 Å². The largest absolute Gasteiger partial charge is 0.480 e. The van der Waals surface area contributed by atoms with Gasteiger partial charge in [-0.2, -0.15) is 0 Å². The van der Waals surface area contributed by atoms with Gasteiger partial charge in [-0.15, -0.1) is 0 Å². The molecule has 114 valence electrons. The van der Waals surface area contributed by atoms with Crippen molar-refractivity contribution in [1.82, 2.24) is 14.9 Å². The molecule has 5 nitrogen and oxygen atoms in total. The highest BCUT2D eigenvalue weighted by Gasteiger charge is 2.36. The molecule has 0 aromatic carbocycles. The third-order valence-corrected chi connectivity index (χ3v) is 3.70. The number of hydrogen-bond acceptors (Lipinski definition) is 3. The molecule has 0 saturated heterocycles. The SMILES string of the molecule is CCc1nccn1CCCC(CC)(NC(C)C)C(=O)O. The Bertz CT molecular complexity index is 429. The minimum absolute atomic E-state index is 0.158. The van der Waals surface area contributed by atoms with Gasteiger partial charge in [0, 0.05) is 31.4 Å². The summed E-state index contributed by atoms with van der Waals surface area (Å²) in [6.45, 7) is 8.79. The number of aryl methyl sites for hydroxylation is 2. The lowest BCUT2D eigenvalue weighted by atomic mass is 9.89. The third-order valence-electron chi connectivity index (χ3n) is 3.70. The van der Waals surface area contributed by atoms with Crippen LogP contribution in [0.15, 0.2) is 12.4 Å². The first-order chi connectivity index (χ1) is 9.45. The summed E-state index contributed by atoms with van der Waals surface area (Å²) in [7, 11) is 0. The fraction of sp³-hybridized carbons (Fsp3) is 0.733. The molecular weight excluding hydrogens is 254 g/mol. The van der Waals surface area contributed by atoms with Gasteiger partial charge in [-0.3, -0.25) is 10.1 Å². The van der Waals surface area contributed by atoms with Crippen LogP contribution in [0.1, 0.15) is 52.8 Å². The van der Waals surface area contributed by atoms with Crippen molar-refractivity contribution in [2.24, 2.45) is 0 Å². The molecule has 0 fully saturated rings. The summed E-state index contributed by atoms with van der Waals surface area (Å²) in [5.74, 6) is 0.300. The predicted molar refractivity (Wildman–Crippen MR) is 79.8 cm³/mol. The minimum Gasteiger partial charge on any atom is -0.480 e. The number of carbonyl (C=O) groups is 1. The van der Waals surface area contributed by atoms with E-state index in [0.29, 0.717) is 12.8 Å². The van der Waals surface area contributed by atoms with Crippen LogP contribution in [0.2, 0.25) is 0 Å². The van der Waals surface area contributed by atoms with Crippen molar-refractivity contribution in [2.75, 3.05) is 0 Å². The average Bonchev–Trinajstić information content (AvgIpc) is 2.84. The van der Waals surface area contributed by atoms with Crippen LogP contribution >= 0.6 is 0 Å². The van der Waals surface area contributed by atoms with E-state index in [0.717, 1.165) is 25.2 Å². The average molecular weight is 281 g/mol. The monoisotopic (exact) mass is 281 g/mol. The number of nitrogens with zero attached hydrogens (tertiary/aromatic N) is 2. The van der Waals surface area contributed by atoms with Gasteiger partial charge < -0.3 is 9.67 Å². The van der Waals surface area contributed by atoms with Crippen LogP contribution in [0.5, 0.6) is 0 Å². The molecule has 1 atom stereocenters. The van der Waals surface area contributed by atoms with Crippen LogP contribution in [0.3, 0.4) is 0 Å². The number of aromatic nitrogens is 2. The molecule has 1 aromatic heterocycles. The van der Waals surface area contributed by atoms with Crippen molar-refractivity contribution in [1.29, 1.82) is 0 Å². The minimum atomic E-state index is -0.818. The lowest BCUT2D eigenvalue weighted by molar-refractivity contribution is -0.145. The first kappa shape index (κ1) is 16.7. The van der Waals surface area contributed by atoms with Crippen molar-refractivity contribution in [3.05, 3.63) is 18.2 Å². The van der Waals surface area contributed by atoms with Crippen LogP contribution in [0, 0.1) is 0 Å². The van der Waals surface area contributed by atoms with Crippen molar-refractivity contribution in [2.45, 2.75) is 71.5 Å². The van der Waals surface area contributed by atoms with Crippen molar-refractivity contribution >= 4 is 5.97 Å². The molecular formula is C15H27N3O2. The molecule has 20 heavy (non-hydrogen) atoms. The number of nitrogens with one attached hydrogen (secondary N) is 1. The zero-order chi connectivity index (χ0) is 15.2. The van der Waals surface area contributed by atoms with E-state index >= 15 is 0 Å². The topological polar surface area (TPSA) is 67.2 Å². The zero-order valence-corrected chi connectivity index (χ0v) is 13.0. The molecule has 0 aliphatic heterocycles. The molecule has 0 aliphatic carbocycles. The Labute approximate surface area is 121 Å². The first-order valence-electron chi connectivity index (χ1n) is 7.46. The Hall–Kier alpha value is -1.36. The van der Waals surface area contributed by atoms with E-state index in [1.165, 1.54) is 0 Å². The van der Waals surface area contributed by atoms with E-state index < -0.39 is 11.5 Å². The van der Waals surface area contributed by atoms with Gasteiger partial charge in [0.05, 0.1) is 0 Å². The van der Waals surface area contributed by atoms with E-state index in [4.69, 9.17) is 0 Å². The molecule has 0 spiro atoms. The van der Waals surface area contributed by atoms with E-state index in [1.807, 2.05) is 27.0 Å². The van der Waals surface area contributed by atoms with Crippen molar-refractivity contribution in [3.8, 4) is 0 Å². The van der Waals surface area contributed by atoms with Crippen LogP contribution in [-0.2, 0) is 17.8 Å². The maximum atomic E-state index is 11.6. The number of carboxylic acids is 1. The second-order valence-electron chi connectivity index (χ2n) is 5.53. The predicted octanol–water partition coefficient (Wildman–Crippen LogP) is 2.46. The Kier molecular flexibility index (Phi) is 6.20. The first-order valence-corrected chi connectivity index (χ1v) is 7.46. The molecule has 0 aliphatic rings. The molecule has 0 saturated carbocycles. The Morgan fingerprint density at radius 3 is 2.70 bits per heavy atom. The summed E-state index contributed by atoms with van der Waals surface area (Å²) in [6, 6.07) is 0.158. The molecule has 1 aromatic rings. The molecule has 2 N–H and O–H groups in total. The quantitative estimate of drug-likeness (QED) is 0.729. The van der Waals surface area contributed by atoms with Gasteiger partial charge >= 0.3 is 5.97 Å². The van der Waals surface area contributed by atoms with Crippen LogP contribution in [-0.4, -0.2) is 32.2 Å². The van der Waals surface area contributed by atoms with Crippen LogP contribution in [0.4, 0.5) is 0 Å². The van der Waals surface area contributed by atoms with Gasteiger partial charge in [-0.05, 0) is 33.1 Å². The molecule has 0 amide bonds. The number of carboxylic acid groups (broad SMARTS) is 1. The summed E-state index contributed by atoms with van der Waals surface area (Å²) >= 11 is 0. The Morgan fingerprint density at radius 2 is 2.20 bits per heavy atom. The number of imidazole rings is 1. The summed E-state index contributed by atoms with van der Waals surface area (Å²) in [5, 5.41) is 12.8. The molecule has 5 heteroatoms. The number of rotatable bonds is 9. The van der Waals surface area contributed by atoms with E-state index in [9.17, 15) is 9.90 Å². The maximum Gasteiger partial charge on any atom is 0.323 e. The Balaban J connectivity index is 2.65. The van der Waals surface area contributed by atoms with Crippen LogP contribution < -0.4 is 5.32 Å². The van der Waals surface area contributed by atoms with E-state index in [1.54, 1.807) is 6.20 Å². The van der Waals surface area contributed by atoms with Crippen LogP contribution in [0.25, 0.3) is 0 Å². The van der Waals surface area contributed by atoms with E-state index in [2.05, 4.69) is 21.8 Å². The highest BCUT2D eigenvalue weighted by atomic mass is 16.4. The molecule has 1 unspecified atom stereocenters. The summed E-state index contributed by atoms with van der Waals surface area (Å²) in [6.07, 6.45) is 6.69. The highest BCUT2D eigenvalue weighted by molar-refractivity contribution is 5.78. The summed E-state index contributed by atoms with van der Waals surface area (Å²) in [4.78, 5) is 15.9. The number of aliphatic carboxylic acids is 1. The summed E-state index contributed by atoms with van der Waals surface area (Å²) < 4.78 is 2.11. The lowest BCUT2D eigenvalue weighted by Gasteiger charge is -2.31. The number of hydrogen-bond donors (Lipinski definition) is 2. The van der Waals surface area contributed by atoms with Crippen molar-refractivity contribution < 1.29 is 9.90 Å². The normalized spacial score (nSPS) is 14.4.